The van der Waals surface area contributed by atoms with Crippen LogP contribution >= 0.6 is 0 Å². The van der Waals surface area contributed by atoms with E-state index in [0.717, 1.165) is 6.04 Å². The van der Waals surface area contributed by atoms with Crippen molar-refractivity contribution in [3.63, 3.8) is 0 Å². The Kier molecular flexibility index (Phi) is 9.43. The van der Waals surface area contributed by atoms with Crippen LogP contribution in [-0.2, 0) is 9.53 Å². The lowest BCUT2D eigenvalue weighted by molar-refractivity contribution is -0.123. The molecule has 3 rings (SSSR count). The third-order valence-corrected chi connectivity index (χ3v) is 15.8. The van der Waals surface area contributed by atoms with Gasteiger partial charge in [0.05, 0.1) is 24.5 Å². The van der Waals surface area contributed by atoms with E-state index < -0.39 is 28.5 Å². The molecular formula is C28H48N2O6Si2. The maximum Gasteiger partial charge on any atom is 0.258 e. The molecule has 2 heterocycles. The van der Waals surface area contributed by atoms with Crippen molar-refractivity contribution in [3.8, 4) is 11.5 Å². The van der Waals surface area contributed by atoms with Gasteiger partial charge in [0.1, 0.15) is 18.5 Å². The number of fused-ring (bicyclic) bond motifs is 2. The number of carbonyl (C=O) groups is 2. The van der Waals surface area contributed by atoms with Crippen LogP contribution < -0.4 is 14.1 Å². The number of amides is 2. The SMILES string of the molecule is COc1cc2c(cc1O[Si](C(C)C)(C(C)C)C(C)C)C(=O)N1C[C@H](O)C[C@H]1C(=O)N2COCC[Si](C)(C)C. The average molecular weight is 565 g/mol. The predicted octanol–water partition coefficient (Wildman–Crippen LogP) is 5.48. The first-order chi connectivity index (χ1) is 17.6. The summed E-state index contributed by atoms with van der Waals surface area (Å²) in [4.78, 5) is 30.6. The number of hydrogen-bond acceptors (Lipinski definition) is 6. The highest BCUT2D eigenvalue weighted by atomic mass is 28.4. The molecule has 214 valence electrons. The minimum atomic E-state index is -2.35. The normalized spacial score (nSPS) is 20.4. The highest BCUT2D eigenvalue weighted by Gasteiger charge is 2.49. The molecule has 0 saturated carbocycles. The fraction of sp³-hybridized carbons (Fsp3) is 0.714. The van der Waals surface area contributed by atoms with Crippen molar-refractivity contribution in [2.75, 3.05) is 31.9 Å². The number of hydrogen-bond donors (Lipinski definition) is 1. The molecule has 1 N–H and O–H groups in total. The van der Waals surface area contributed by atoms with E-state index in [0.29, 0.717) is 46.0 Å². The third kappa shape index (κ3) is 5.98. The topological polar surface area (TPSA) is 88.5 Å². The van der Waals surface area contributed by atoms with E-state index in [9.17, 15) is 14.7 Å². The zero-order valence-corrected chi connectivity index (χ0v) is 27.0. The van der Waals surface area contributed by atoms with E-state index in [-0.39, 0.29) is 31.5 Å². The van der Waals surface area contributed by atoms with E-state index in [4.69, 9.17) is 13.9 Å². The second kappa shape index (κ2) is 11.7. The van der Waals surface area contributed by atoms with Crippen LogP contribution in [0.25, 0.3) is 0 Å². The molecule has 0 radical (unpaired) electrons. The molecule has 0 aliphatic carbocycles. The van der Waals surface area contributed by atoms with Gasteiger partial charge in [-0.15, -0.1) is 0 Å². The molecule has 0 spiro atoms. The van der Waals surface area contributed by atoms with E-state index in [2.05, 4.69) is 61.2 Å². The summed E-state index contributed by atoms with van der Waals surface area (Å²) in [7, 11) is -2.08. The Labute approximate surface area is 230 Å². The second-order valence-electron chi connectivity index (χ2n) is 12.9. The molecule has 2 aliphatic heterocycles. The van der Waals surface area contributed by atoms with Crippen molar-refractivity contribution in [2.24, 2.45) is 0 Å². The highest BCUT2D eigenvalue weighted by molar-refractivity contribution is 6.78. The quantitative estimate of drug-likeness (QED) is 0.283. The van der Waals surface area contributed by atoms with Gasteiger partial charge >= 0.3 is 0 Å². The molecule has 10 heteroatoms. The van der Waals surface area contributed by atoms with Crippen molar-refractivity contribution in [1.29, 1.82) is 0 Å². The number of ether oxygens (including phenoxy) is 2. The Balaban J connectivity index is 2.11. The Morgan fingerprint density at radius 1 is 1.00 bits per heavy atom. The van der Waals surface area contributed by atoms with Gasteiger partial charge in [-0.25, -0.2) is 0 Å². The molecule has 1 aromatic carbocycles. The van der Waals surface area contributed by atoms with Gasteiger partial charge in [-0.05, 0) is 28.7 Å². The van der Waals surface area contributed by atoms with Crippen molar-refractivity contribution in [3.05, 3.63) is 17.7 Å². The zero-order chi connectivity index (χ0) is 28.6. The number of nitrogens with zero attached hydrogens (tertiary/aromatic N) is 2. The largest absolute Gasteiger partial charge is 0.540 e. The maximum atomic E-state index is 13.9. The highest BCUT2D eigenvalue weighted by Crippen LogP contribution is 2.47. The van der Waals surface area contributed by atoms with Crippen LogP contribution in [0.3, 0.4) is 0 Å². The zero-order valence-electron chi connectivity index (χ0n) is 25.0. The minimum Gasteiger partial charge on any atom is -0.540 e. The van der Waals surface area contributed by atoms with Crippen LogP contribution in [0.1, 0.15) is 58.3 Å². The fourth-order valence-electron chi connectivity index (χ4n) is 6.12. The fourth-order valence-corrected chi connectivity index (χ4v) is 12.1. The number of anilines is 1. The Morgan fingerprint density at radius 2 is 1.61 bits per heavy atom. The van der Waals surface area contributed by atoms with Crippen LogP contribution in [0.5, 0.6) is 11.5 Å². The van der Waals surface area contributed by atoms with Crippen molar-refractivity contribution >= 4 is 33.9 Å². The predicted molar refractivity (Wildman–Crippen MR) is 157 cm³/mol. The van der Waals surface area contributed by atoms with Crippen LogP contribution in [-0.4, -0.2) is 77.4 Å². The summed E-state index contributed by atoms with van der Waals surface area (Å²) < 4.78 is 18.8. The van der Waals surface area contributed by atoms with E-state index in [1.165, 1.54) is 4.90 Å². The Morgan fingerprint density at radius 3 is 2.13 bits per heavy atom. The van der Waals surface area contributed by atoms with Gasteiger partial charge < -0.3 is 23.9 Å². The lowest BCUT2D eigenvalue weighted by Crippen LogP contribution is -2.50. The summed E-state index contributed by atoms with van der Waals surface area (Å²) in [6.07, 6.45) is -0.518. The first-order valence-electron chi connectivity index (χ1n) is 13.9. The van der Waals surface area contributed by atoms with Crippen LogP contribution in [0.4, 0.5) is 5.69 Å². The summed E-state index contributed by atoms with van der Waals surface area (Å²) in [6, 6.07) is 3.75. The lowest BCUT2D eigenvalue weighted by atomic mass is 10.1. The first-order valence-corrected chi connectivity index (χ1v) is 19.8. The average Bonchev–Trinajstić information content (AvgIpc) is 3.18. The minimum absolute atomic E-state index is 0.0378. The molecule has 2 atom stereocenters. The van der Waals surface area contributed by atoms with Gasteiger partial charge in [0.2, 0.25) is 0 Å². The molecular weight excluding hydrogens is 516 g/mol. The summed E-state index contributed by atoms with van der Waals surface area (Å²) in [6.45, 7) is 20.8. The number of methoxy groups -OCH3 is 1. The first kappa shape index (κ1) is 30.7. The van der Waals surface area contributed by atoms with Crippen molar-refractivity contribution < 1.29 is 28.6 Å². The number of aliphatic hydroxyl groups is 1. The molecule has 1 saturated heterocycles. The van der Waals surface area contributed by atoms with Crippen molar-refractivity contribution in [2.45, 2.75) is 102 Å². The molecule has 2 aliphatic rings. The summed E-state index contributed by atoms with van der Waals surface area (Å²) >= 11 is 0. The van der Waals surface area contributed by atoms with Crippen LogP contribution in [0.15, 0.2) is 12.1 Å². The van der Waals surface area contributed by atoms with Gasteiger partial charge in [0.25, 0.3) is 20.1 Å². The van der Waals surface area contributed by atoms with E-state index in [1.807, 2.05) is 0 Å². The number of benzene rings is 1. The number of aliphatic hydroxyl groups excluding tert-OH is 1. The Hall–Kier alpha value is -1.89. The molecule has 8 nitrogen and oxygen atoms in total. The van der Waals surface area contributed by atoms with Crippen molar-refractivity contribution in [1.82, 2.24) is 4.90 Å². The molecule has 0 bridgehead atoms. The monoisotopic (exact) mass is 564 g/mol. The van der Waals surface area contributed by atoms with Crippen LogP contribution in [0.2, 0.25) is 42.3 Å². The smallest absolute Gasteiger partial charge is 0.258 e. The maximum absolute atomic E-state index is 13.9. The van der Waals surface area contributed by atoms with Crippen LogP contribution in [0, 0.1) is 0 Å². The van der Waals surface area contributed by atoms with E-state index in [1.54, 1.807) is 24.1 Å². The molecule has 0 aromatic heterocycles. The molecule has 2 amide bonds. The standard InChI is InChI=1S/C28H48N2O6Si2/c1-18(2)38(19(3)4,20(5)6)36-26-14-22-23(15-25(26)34-7)30(17-35-11-12-37(8,9)10)28(33)24-13-21(31)16-29(24)27(22)32/h14-15,18-21,24,31H,11-13,16-17H2,1-10H3/t21-,24+/m1/s1. The molecule has 38 heavy (non-hydrogen) atoms. The lowest BCUT2D eigenvalue weighted by Gasteiger charge is -2.42. The van der Waals surface area contributed by atoms with Gasteiger partial charge in [0, 0.05) is 33.7 Å². The molecule has 1 fully saturated rings. The molecule has 0 unspecified atom stereocenters. The van der Waals surface area contributed by atoms with E-state index >= 15 is 0 Å². The summed E-state index contributed by atoms with van der Waals surface area (Å²) in [5, 5.41) is 10.4. The van der Waals surface area contributed by atoms with Gasteiger partial charge in [-0.1, -0.05) is 61.2 Å². The third-order valence-electron chi connectivity index (χ3n) is 8.10. The second-order valence-corrected chi connectivity index (χ2v) is 23.9. The number of rotatable bonds is 11. The summed E-state index contributed by atoms with van der Waals surface area (Å²) in [5.41, 5.74) is 1.83. The van der Waals surface area contributed by atoms with Gasteiger partial charge in [-0.2, -0.15) is 0 Å². The summed E-state index contributed by atoms with van der Waals surface area (Å²) in [5.74, 6) is 0.510. The van der Waals surface area contributed by atoms with Gasteiger partial charge in [-0.3, -0.25) is 14.5 Å². The number of carbonyl (C=O) groups excluding carboxylic acids is 2. The molecule has 1 aromatic rings. The Bertz CT molecular complexity index is 1000. The van der Waals surface area contributed by atoms with Gasteiger partial charge in [0.15, 0.2) is 5.75 Å².